The zero-order chi connectivity index (χ0) is 24.4. The van der Waals surface area contributed by atoms with Gasteiger partial charge < -0.3 is 25.2 Å². The maximum absolute atomic E-state index is 12.7. The summed E-state index contributed by atoms with van der Waals surface area (Å²) in [6, 6.07) is 15.2. The SMILES string of the molecule is O=C(CC1COCCC1NC(=O)OCC1c2ccccc2-c2ccccc21)NC(C(=O)O)C1CC1. The number of ether oxygens (including phenoxy) is 2. The first kappa shape index (κ1) is 23.4. The topological polar surface area (TPSA) is 114 Å². The predicted molar refractivity (Wildman–Crippen MR) is 128 cm³/mol. The fourth-order valence-corrected chi connectivity index (χ4v) is 5.26. The van der Waals surface area contributed by atoms with E-state index in [9.17, 15) is 19.5 Å². The molecule has 2 aliphatic carbocycles. The number of rotatable bonds is 8. The van der Waals surface area contributed by atoms with Gasteiger partial charge in [0, 0.05) is 30.9 Å². The molecule has 3 unspecified atom stereocenters. The van der Waals surface area contributed by atoms with Crippen molar-refractivity contribution in [1.82, 2.24) is 10.6 Å². The number of carbonyl (C=O) groups is 3. The highest BCUT2D eigenvalue weighted by molar-refractivity contribution is 5.84. The maximum atomic E-state index is 12.7. The van der Waals surface area contributed by atoms with Crippen molar-refractivity contribution in [2.45, 2.75) is 43.7 Å². The number of hydrogen-bond donors (Lipinski definition) is 3. The molecule has 8 heteroatoms. The molecule has 1 aliphatic heterocycles. The Morgan fingerprint density at radius 2 is 1.66 bits per heavy atom. The molecule has 184 valence electrons. The van der Waals surface area contributed by atoms with E-state index >= 15 is 0 Å². The van der Waals surface area contributed by atoms with Crippen LogP contribution in [0, 0.1) is 11.8 Å². The van der Waals surface area contributed by atoms with Gasteiger partial charge in [0.25, 0.3) is 0 Å². The van der Waals surface area contributed by atoms with Gasteiger partial charge in [-0.05, 0) is 47.4 Å². The van der Waals surface area contributed by atoms with Crippen LogP contribution in [0.4, 0.5) is 4.79 Å². The Morgan fingerprint density at radius 3 is 2.29 bits per heavy atom. The molecule has 8 nitrogen and oxygen atoms in total. The number of carbonyl (C=O) groups excluding carboxylic acids is 2. The van der Waals surface area contributed by atoms with Gasteiger partial charge in [0.05, 0.1) is 6.61 Å². The van der Waals surface area contributed by atoms with Crippen molar-refractivity contribution < 1.29 is 29.0 Å². The van der Waals surface area contributed by atoms with Crippen LogP contribution < -0.4 is 10.6 Å². The van der Waals surface area contributed by atoms with E-state index in [0.29, 0.717) is 19.6 Å². The highest BCUT2D eigenvalue weighted by Gasteiger charge is 2.38. The third kappa shape index (κ3) is 5.17. The lowest BCUT2D eigenvalue weighted by Gasteiger charge is -2.32. The second-order valence-corrected chi connectivity index (χ2v) is 9.63. The van der Waals surface area contributed by atoms with Crippen LogP contribution in [-0.4, -0.2) is 55.0 Å². The quantitative estimate of drug-likeness (QED) is 0.537. The molecule has 0 aromatic heterocycles. The van der Waals surface area contributed by atoms with E-state index in [2.05, 4.69) is 34.9 Å². The minimum Gasteiger partial charge on any atom is -0.480 e. The summed E-state index contributed by atoms with van der Waals surface area (Å²) in [6.07, 6.45) is 1.76. The van der Waals surface area contributed by atoms with E-state index in [1.54, 1.807) is 0 Å². The van der Waals surface area contributed by atoms with Gasteiger partial charge >= 0.3 is 12.1 Å². The largest absolute Gasteiger partial charge is 0.480 e. The second-order valence-electron chi connectivity index (χ2n) is 9.63. The van der Waals surface area contributed by atoms with E-state index in [-0.39, 0.29) is 42.7 Å². The molecule has 3 N–H and O–H groups in total. The summed E-state index contributed by atoms with van der Waals surface area (Å²) in [5.41, 5.74) is 4.62. The van der Waals surface area contributed by atoms with E-state index in [1.165, 1.54) is 11.1 Å². The molecular formula is C27H30N2O6. The zero-order valence-corrected chi connectivity index (χ0v) is 19.4. The third-order valence-corrected chi connectivity index (χ3v) is 7.24. The molecule has 1 saturated heterocycles. The van der Waals surface area contributed by atoms with Gasteiger partial charge in [-0.3, -0.25) is 4.79 Å². The van der Waals surface area contributed by atoms with Gasteiger partial charge in [-0.15, -0.1) is 0 Å². The molecule has 0 bridgehead atoms. The van der Waals surface area contributed by atoms with E-state index in [1.807, 2.05) is 24.3 Å². The lowest BCUT2D eigenvalue weighted by atomic mass is 9.92. The minimum atomic E-state index is -1.01. The van der Waals surface area contributed by atoms with Crippen molar-refractivity contribution in [1.29, 1.82) is 0 Å². The molecule has 0 radical (unpaired) electrons. The Kier molecular flexibility index (Phi) is 6.72. The maximum Gasteiger partial charge on any atom is 0.407 e. The first-order chi connectivity index (χ1) is 17.0. The van der Waals surface area contributed by atoms with Crippen molar-refractivity contribution in [3.8, 4) is 11.1 Å². The fraction of sp³-hybridized carbons (Fsp3) is 0.444. The zero-order valence-electron chi connectivity index (χ0n) is 19.4. The summed E-state index contributed by atoms with van der Waals surface area (Å²) < 4.78 is 11.2. The Bertz CT molecular complexity index is 1070. The highest BCUT2D eigenvalue weighted by atomic mass is 16.5. The summed E-state index contributed by atoms with van der Waals surface area (Å²) in [5.74, 6) is -1.61. The van der Waals surface area contributed by atoms with Gasteiger partial charge in [-0.2, -0.15) is 0 Å². The molecule has 2 amide bonds. The highest BCUT2D eigenvalue weighted by Crippen LogP contribution is 2.44. The number of nitrogens with one attached hydrogen (secondary N) is 2. The number of fused-ring (bicyclic) bond motifs is 3. The van der Waals surface area contributed by atoms with E-state index < -0.39 is 18.1 Å². The van der Waals surface area contributed by atoms with Gasteiger partial charge in [0.15, 0.2) is 0 Å². The van der Waals surface area contributed by atoms with Crippen molar-refractivity contribution in [3.05, 3.63) is 59.7 Å². The molecule has 3 aliphatic rings. The first-order valence-corrected chi connectivity index (χ1v) is 12.2. The van der Waals surface area contributed by atoms with Gasteiger partial charge in [-0.1, -0.05) is 48.5 Å². The third-order valence-electron chi connectivity index (χ3n) is 7.24. The number of alkyl carbamates (subject to hydrolysis) is 1. The molecule has 1 heterocycles. The van der Waals surface area contributed by atoms with Gasteiger partial charge in [0.1, 0.15) is 12.6 Å². The number of amides is 2. The number of carboxylic acid groups (broad SMARTS) is 1. The standard InChI is InChI=1S/C27H30N2O6/c30-24(29-25(26(31)32)16-9-10-16)13-17-14-34-12-11-23(17)28-27(33)35-15-22-20-7-3-1-5-18(20)19-6-2-4-8-21(19)22/h1-8,16-17,22-23,25H,9-15H2,(H,28,33)(H,29,30)(H,31,32). The summed E-state index contributed by atoms with van der Waals surface area (Å²) in [4.78, 5) is 36.7. The average Bonchev–Trinajstić information content (AvgIpc) is 3.65. The number of benzene rings is 2. The minimum absolute atomic E-state index is 0.00815. The van der Waals surface area contributed by atoms with Crippen molar-refractivity contribution in [3.63, 3.8) is 0 Å². The molecule has 5 rings (SSSR count). The van der Waals surface area contributed by atoms with Crippen LogP contribution >= 0.6 is 0 Å². The molecule has 2 aromatic carbocycles. The fourth-order valence-electron chi connectivity index (χ4n) is 5.26. The smallest absolute Gasteiger partial charge is 0.407 e. The number of hydrogen-bond acceptors (Lipinski definition) is 5. The number of aliphatic carboxylic acids is 1. The normalized spacial score (nSPS) is 21.9. The average molecular weight is 479 g/mol. The van der Waals surface area contributed by atoms with Gasteiger partial charge in [0.2, 0.25) is 5.91 Å². The van der Waals surface area contributed by atoms with Crippen molar-refractivity contribution in [2.75, 3.05) is 19.8 Å². The molecule has 1 saturated carbocycles. The van der Waals surface area contributed by atoms with Crippen LogP contribution in [0.15, 0.2) is 48.5 Å². The van der Waals surface area contributed by atoms with Crippen molar-refractivity contribution in [2.24, 2.45) is 11.8 Å². The van der Waals surface area contributed by atoms with Crippen LogP contribution in [-0.2, 0) is 19.1 Å². The lowest BCUT2D eigenvalue weighted by molar-refractivity contribution is -0.142. The molecule has 2 fully saturated rings. The van der Waals surface area contributed by atoms with Crippen LogP contribution in [0.3, 0.4) is 0 Å². The van der Waals surface area contributed by atoms with Crippen LogP contribution in [0.25, 0.3) is 11.1 Å². The molecule has 35 heavy (non-hydrogen) atoms. The lowest BCUT2D eigenvalue weighted by Crippen LogP contribution is -2.49. The molecule has 3 atom stereocenters. The molecule has 2 aromatic rings. The summed E-state index contributed by atoms with van der Waals surface area (Å²) in [6.45, 7) is 1.02. The summed E-state index contributed by atoms with van der Waals surface area (Å²) in [5, 5.41) is 14.9. The van der Waals surface area contributed by atoms with E-state index in [0.717, 1.165) is 24.0 Å². The van der Waals surface area contributed by atoms with Crippen LogP contribution in [0.2, 0.25) is 0 Å². The van der Waals surface area contributed by atoms with Crippen molar-refractivity contribution >= 4 is 18.0 Å². The first-order valence-electron chi connectivity index (χ1n) is 12.2. The summed E-state index contributed by atoms with van der Waals surface area (Å²) in [7, 11) is 0. The molecular weight excluding hydrogens is 448 g/mol. The summed E-state index contributed by atoms with van der Waals surface area (Å²) >= 11 is 0. The van der Waals surface area contributed by atoms with Crippen LogP contribution in [0.5, 0.6) is 0 Å². The van der Waals surface area contributed by atoms with Gasteiger partial charge in [-0.25, -0.2) is 9.59 Å². The predicted octanol–water partition coefficient (Wildman–Crippen LogP) is 3.30. The Labute approximate surface area is 204 Å². The Morgan fingerprint density at radius 1 is 1.00 bits per heavy atom. The Hall–Kier alpha value is -3.39. The Balaban J connectivity index is 1.17. The number of carboxylic acids is 1. The molecule has 0 spiro atoms. The van der Waals surface area contributed by atoms with E-state index in [4.69, 9.17) is 9.47 Å². The monoisotopic (exact) mass is 478 g/mol. The van der Waals surface area contributed by atoms with Crippen LogP contribution in [0.1, 0.15) is 42.7 Å². The second kappa shape index (κ2) is 10.1.